The zero-order valence-corrected chi connectivity index (χ0v) is 21.8. The van der Waals surface area contributed by atoms with Crippen molar-refractivity contribution >= 4 is 27.8 Å². The highest BCUT2D eigenvalue weighted by atomic mass is 32.2. The molecular weight excluding hydrogens is 464 g/mol. The van der Waals surface area contributed by atoms with Gasteiger partial charge in [-0.15, -0.1) is 0 Å². The Morgan fingerprint density at radius 3 is 2.37 bits per heavy atom. The molecule has 0 radical (unpaired) electrons. The van der Waals surface area contributed by atoms with Crippen LogP contribution >= 0.6 is 0 Å². The number of sulfonamides is 1. The molecule has 1 aromatic heterocycles. The van der Waals surface area contributed by atoms with Crippen molar-refractivity contribution in [3.8, 4) is 11.4 Å². The second-order valence-corrected chi connectivity index (χ2v) is 10.4. The maximum Gasteiger partial charge on any atom is 0.260 e. The number of nitrogens with zero attached hydrogens (tertiary/aromatic N) is 3. The van der Waals surface area contributed by atoms with E-state index in [0.29, 0.717) is 18.0 Å². The lowest BCUT2D eigenvalue weighted by atomic mass is 10.1. The molecule has 35 heavy (non-hydrogen) atoms. The Morgan fingerprint density at radius 2 is 1.74 bits per heavy atom. The van der Waals surface area contributed by atoms with E-state index in [2.05, 4.69) is 47.1 Å². The van der Waals surface area contributed by atoms with Crippen molar-refractivity contribution in [1.82, 2.24) is 9.99 Å². The van der Waals surface area contributed by atoms with Crippen LogP contribution in [-0.4, -0.2) is 44.5 Å². The van der Waals surface area contributed by atoms with Crippen molar-refractivity contribution in [2.75, 3.05) is 23.7 Å². The number of aromatic nitrogens is 1. The lowest BCUT2D eigenvalue weighted by Gasteiger charge is -2.23. The molecule has 0 aliphatic carbocycles. The minimum Gasteiger partial charge on any atom is -0.492 e. The molecule has 0 aliphatic heterocycles. The lowest BCUT2D eigenvalue weighted by molar-refractivity contribution is -0.119. The largest absolute Gasteiger partial charge is 0.492 e. The van der Waals surface area contributed by atoms with Gasteiger partial charge < -0.3 is 9.30 Å². The number of nitrogens with one attached hydrogen (secondary N) is 1. The Kier molecular flexibility index (Phi) is 8.01. The molecule has 186 valence electrons. The average Bonchev–Trinajstić information content (AvgIpc) is 3.04. The molecule has 0 unspecified atom stereocenters. The Bertz CT molecular complexity index is 1340. The van der Waals surface area contributed by atoms with Crippen LogP contribution in [0.5, 0.6) is 5.75 Å². The Labute approximate surface area is 207 Å². The third kappa shape index (κ3) is 6.30. The number of rotatable bonds is 9. The van der Waals surface area contributed by atoms with Gasteiger partial charge in [-0.1, -0.05) is 18.2 Å². The van der Waals surface area contributed by atoms with Crippen LogP contribution < -0.4 is 14.5 Å². The number of hydrogen-bond acceptors (Lipinski definition) is 5. The van der Waals surface area contributed by atoms with Crippen LogP contribution in [0.4, 0.5) is 5.69 Å². The molecule has 1 N–H and O–H groups in total. The van der Waals surface area contributed by atoms with Crippen LogP contribution in [0.3, 0.4) is 0 Å². The molecule has 8 nitrogen and oxygen atoms in total. The Hall–Kier alpha value is -3.59. The zero-order valence-electron chi connectivity index (χ0n) is 21.0. The standard InChI is InChI=1S/C26H32N4O4S/c1-7-34-25-11-9-8-10-24(25)29(35(6,32)33)17-26(31)28-27-16-22-15-20(4)30(21(22)5)23-13-18(2)12-19(3)14-23/h8-16H,7,17H2,1-6H3,(H,28,31)/b27-16+. The summed E-state index contributed by atoms with van der Waals surface area (Å²) in [6.07, 6.45) is 2.62. The molecule has 2 aromatic carbocycles. The van der Waals surface area contributed by atoms with Gasteiger partial charge in [0.25, 0.3) is 5.91 Å². The highest BCUT2D eigenvalue weighted by Crippen LogP contribution is 2.29. The highest BCUT2D eigenvalue weighted by Gasteiger charge is 2.23. The van der Waals surface area contributed by atoms with E-state index in [1.807, 2.05) is 19.9 Å². The average molecular weight is 497 g/mol. The molecule has 0 bridgehead atoms. The van der Waals surface area contributed by atoms with Crippen LogP contribution in [0.2, 0.25) is 0 Å². The van der Waals surface area contributed by atoms with Crippen LogP contribution in [0, 0.1) is 27.7 Å². The summed E-state index contributed by atoms with van der Waals surface area (Å²) in [7, 11) is -3.74. The normalized spacial score (nSPS) is 11.6. The third-order valence-corrected chi connectivity index (χ3v) is 6.58. The first-order chi connectivity index (χ1) is 16.5. The molecule has 9 heteroatoms. The number of aryl methyl sites for hydroxylation is 3. The summed E-state index contributed by atoms with van der Waals surface area (Å²) < 4.78 is 33.6. The number of ether oxygens (including phenoxy) is 1. The van der Waals surface area contributed by atoms with Crippen molar-refractivity contribution in [1.29, 1.82) is 0 Å². The molecule has 0 aliphatic rings. The van der Waals surface area contributed by atoms with Gasteiger partial charge in [0.1, 0.15) is 12.3 Å². The third-order valence-electron chi connectivity index (χ3n) is 5.45. The number of carbonyl (C=O) groups is 1. The van der Waals surface area contributed by atoms with Gasteiger partial charge in [-0.3, -0.25) is 9.10 Å². The van der Waals surface area contributed by atoms with E-state index in [4.69, 9.17) is 4.74 Å². The fourth-order valence-electron chi connectivity index (χ4n) is 4.06. The number of anilines is 1. The zero-order chi connectivity index (χ0) is 25.8. The molecule has 1 amide bonds. The predicted octanol–water partition coefficient (Wildman–Crippen LogP) is 4.03. The lowest BCUT2D eigenvalue weighted by Crippen LogP contribution is -2.39. The predicted molar refractivity (Wildman–Crippen MR) is 140 cm³/mol. The highest BCUT2D eigenvalue weighted by molar-refractivity contribution is 7.92. The van der Waals surface area contributed by atoms with Crippen molar-refractivity contribution in [2.24, 2.45) is 5.10 Å². The number of hydrazone groups is 1. The summed E-state index contributed by atoms with van der Waals surface area (Å²) in [6, 6.07) is 15.1. The summed E-state index contributed by atoms with van der Waals surface area (Å²) in [6.45, 7) is 9.88. The number of para-hydroxylation sites is 2. The van der Waals surface area contributed by atoms with E-state index >= 15 is 0 Å². The van der Waals surface area contributed by atoms with Crippen molar-refractivity contribution < 1.29 is 17.9 Å². The summed E-state index contributed by atoms with van der Waals surface area (Å²) in [5.41, 5.74) is 9.03. The molecule has 0 saturated carbocycles. The van der Waals surface area contributed by atoms with Crippen molar-refractivity contribution in [3.05, 3.63) is 76.6 Å². The quantitative estimate of drug-likeness (QED) is 0.358. The van der Waals surface area contributed by atoms with Crippen LogP contribution in [0.1, 0.15) is 35.0 Å². The number of hydrogen-bond donors (Lipinski definition) is 1. The summed E-state index contributed by atoms with van der Waals surface area (Å²) in [5.74, 6) is -0.184. The first-order valence-corrected chi connectivity index (χ1v) is 13.1. The van der Waals surface area contributed by atoms with Gasteiger partial charge in [-0.25, -0.2) is 13.8 Å². The molecule has 0 saturated heterocycles. The van der Waals surface area contributed by atoms with Crippen molar-refractivity contribution in [2.45, 2.75) is 34.6 Å². The molecule has 3 aromatic rings. The van der Waals surface area contributed by atoms with E-state index < -0.39 is 22.5 Å². The molecule has 3 rings (SSSR count). The minimum absolute atomic E-state index is 0.299. The molecule has 0 spiro atoms. The summed E-state index contributed by atoms with van der Waals surface area (Å²) in [5, 5.41) is 4.08. The first kappa shape index (κ1) is 26.0. The topological polar surface area (TPSA) is 93.0 Å². The Morgan fingerprint density at radius 1 is 1.09 bits per heavy atom. The van der Waals surface area contributed by atoms with Crippen LogP contribution in [0.25, 0.3) is 5.69 Å². The van der Waals surface area contributed by atoms with Gasteiger partial charge in [0, 0.05) is 22.6 Å². The van der Waals surface area contributed by atoms with Gasteiger partial charge in [0.05, 0.1) is 24.8 Å². The number of carbonyl (C=O) groups excluding carboxylic acids is 1. The maximum absolute atomic E-state index is 12.6. The fraction of sp³-hybridized carbons (Fsp3) is 0.308. The minimum atomic E-state index is -3.74. The van der Waals surface area contributed by atoms with Gasteiger partial charge in [-0.05, 0) is 76.1 Å². The number of amides is 1. The molecule has 0 atom stereocenters. The van der Waals surface area contributed by atoms with E-state index in [-0.39, 0.29) is 0 Å². The van der Waals surface area contributed by atoms with Gasteiger partial charge in [-0.2, -0.15) is 5.10 Å². The SMILES string of the molecule is CCOc1ccccc1N(CC(=O)N/N=C/c1cc(C)n(-c2cc(C)cc(C)c2)c1C)S(C)(=O)=O. The summed E-state index contributed by atoms with van der Waals surface area (Å²) in [4.78, 5) is 12.6. The molecule has 0 fully saturated rings. The van der Waals surface area contributed by atoms with Crippen LogP contribution in [0.15, 0.2) is 53.6 Å². The Balaban J connectivity index is 1.78. The molecular formula is C26H32N4O4S. The second-order valence-electron chi connectivity index (χ2n) is 8.47. The van der Waals surface area contributed by atoms with E-state index in [0.717, 1.165) is 33.2 Å². The second kappa shape index (κ2) is 10.8. The van der Waals surface area contributed by atoms with Gasteiger partial charge in [0.15, 0.2) is 0 Å². The fourth-order valence-corrected chi connectivity index (χ4v) is 4.92. The summed E-state index contributed by atoms with van der Waals surface area (Å²) >= 11 is 0. The van der Waals surface area contributed by atoms with E-state index in [1.54, 1.807) is 37.4 Å². The van der Waals surface area contributed by atoms with Gasteiger partial charge >= 0.3 is 0 Å². The smallest absolute Gasteiger partial charge is 0.260 e. The molecule has 1 heterocycles. The number of benzene rings is 2. The first-order valence-electron chi connectivity index (χ1n) is 11.3. The van der Waals surface area contributed by atoms with Crippen LogP contribution in [-0.2, 0) is 14.8 Å². The van der Waals surface area contributed by atoms with E-state index in [9.17, 15) is 13.2 Å². The maximum atomic E-state index is 12.6. The monoisotopic (exact) mass is 496 g/mol. The van der Waals surface area contributed by atoms with E-state index in [1.165, 1.54) is 11.1 Å². The van der Waals surface area contributed by atoms with Gasteiger partial charge in [0.2, 0.25) is 10.0 Å². The van der Waals surface area contributed by atoms with Crippen molar-refractivity contribution in [3.63, 3.8) is 0 Å².